The predicted octanol–water partition coefficient (Wildman–Crippen LogP) is 3.10. The molecule has 26 heavy (non-hydrogen) atoms. The normalized spacial score (nSPS) is 17.0. The van der Waals surface area contributed by atoms with E-state index in [9.17, 15) is 9.59 Å². The fraction of sp³-hybridized carbons (Fsp3) is 0.333. The Hall–Kier alpha value is -2.82. The lowest BCUT2D eigenvalue weighted by Crippen LogP contribution is -2.57. The maximum absolute atomic E-state index is 12.6. The van der Waals surface area contributed by atoms with Gasteiger partial charge in [0.25, 0.3) is 0 Å². The first-order valence-electron chi connectivity index (χ1n) is 8.90. The zero-order valence-electron chi connectivity index (χ0n) is 15.0. The molecule has 0 aliphatic carbocycles. The van der Waals surface area contributed by atoms with E-state index < -0.39 is 0 Å². The maximum atomic E-state index is 12.6. The fourth-order valence-electron chi connectivity index (χ4n) is 3.24. The molecule has 136 valence electrons. The van der Waals surface area contributed by atoms with E-state index in [0.29, 0.717) is 26.1 Å². The summed E-state index contributed by atoms with van der Waals surface area (Å²) in [7, 11) is 0. The van der Waals surface area contributed by atoms with Crippen molar-refractivity contribution in [1.29, 1.82) is 0 Å². The molecule has 0 bridgehead atoms. The van der Waals surface area contributed by atoms with E-state index >= 15 is 0 Å². The van der Waals surface area contributed by atoms with E-state index in [1.54, 1.807) is 16.7 Å². The van der Waals surface area contributed by atoms with Crippen molar-refractivity contribution >= 4 is 12.0 Å². The minimum Gasteiger partial charge on any atom is -0.445 e. The standard InChI is InChI=1S/C21H24N2O3/c1-17(24)22-12-13-23(20(15-22)14-18-8-4-2-5-9-18)21(25)26-16-19-10-6-3-7-11-19/h2-11,20H,12-16H2,1H3. The monoisotopic (exact) mass is 352 g/mol. The highest BCUT2D eigenvalue weighted by Gasteiger charge is 2.32. The second-order valence-corrected chi connectivity index (χ2v) is 6.54. The van der Waals surface area contributed by atoms with Gasteiger partial charge in [0.2, 0.25) is 5.91 Å². The molecule has 5 nitrogen and oxygen atoms in total. The van der Waals surface area contributed by atoms with Gasteiger partial charge in [-0.2, -0.15) is 0 Å². The largest absolute Gasteiger partial charge is 0.445 e. The molecule has 0 aromatic heterocycles. The minimum atomic E-state index is -0.321. The number of hydrogen-bond acceptors (Lipinski definition) is 3. The van der Waals surface area contributed by atoms with Crippen LogP contribution in [0.4, 0.5) is 4.79 Å². The van der Waals surface area contributed by atoms with E-state index in [0.717, 1.165) is 11.1 Å². The zero-order chi connectivity index (χ0) is 18.4. The third kappa shape index (κ3) is 4.63. The van der Waals surface area contributed by atoms with Crippen molar-refractivity contribution < 1.29 is 14.3 Å². The minimum absolute atomic E-state index is 0.0420. The van der Waals surface area contributed by atoms with Crippen LogP contribution in [-0.4, -0.2) is 47.5 Å². The van der Waals surface area contributed by atoms with Crippen LogP contribution in [0.3, 0.4) is 0 Å². The first kappa shape index (κ1) is 18.0. The molecule has 1 atom stereocenters. The van der Waals surface area contributed by atoms with E-state index in [1.807, 2.05) is 60.7 Å². The summed E-state index contributed by atoms with van der Waals surface area (Å²) in [5.41, 5.74) is 2.10. The lowest BCUT2D eigenvalue weighted by molar-refractivity contribution is -0.131. The van der Waals surface area contributed by atoms with Crippen LogP contribution in [0.2, 0.25) is 0 Å². The summed E-state index contributed by atoms with van der Waals surface area (Å²) in [5, 5.41) is 0. The average molecular weight is 352 g/mol. The summed E-state index contributed by atoms with van der Waals surface area (Å²) in [6.45, 7) is 3.39. The zero-order valence-corrected chi connectivity index (χ0v) is 15.0. The summed E-state index contributed by atoms with van der Waals surface area (Å²) >= 11 is 0. The lowest BCUT2D eigenvalue weighted by atomic mass is 10.0. The number of nitrogens with zero attached hydrogens (tertiary/aromatic N) is 2. The maximum Gasteiger partial charge on any atom is 0.410 e. The molecule has 0 radical (unpaired) electrons. The summed E-state index contributed by atoms with van der Waals surface area (Å²) in [6, 6.07) is 19.6. The molecule has 1 aliphatic rings. The highest BCUT2D eigenvalue weighted by Crippen LogP contribution is 2.17. The number of carbonyl (C=O) groups excluding carboxylic acids is 2. The van der Waals surface area contributed by atoms with Crippen LogP contribution < -0.4 is 0 Å². The third-order valence-electron chi connectivity index (χ3n) is 4.68. The molecule has 2 amide bonds. The van der Waals surface area contributed by atoms with Gasteiger partial charge in [-0.3, -0.25) is 4.79 Å². The number of amides is 2. The summed E-state index contributed by atoms with van der Waals surface area (Å²) in [5.74, 6) is 0.0420. The van der Waals surface area contributed by atoms with E-state index in [2.05, 4.69) is 0 Å². The van der Waals surface area contributed by atoms with Gasteiger partial charge in [-0.15, -0.1) is 0 Å². The topological polar surface area (TPSA) is 49.9 Å². The Kier molecular flexibility index (Phi) is 5.89. The van der Waals surface area contributed by atoms with E-state index in [4.69, 9.17) is 4.74 Å². The second kappa shape index (κ2) is 8.52. The fourth-order valence-corrected chi connectivity index (χ4v) is 3.24. The molecule has 1 fully saturated rings. The van der Waals surface area contributed by atoms with Crippen molar-refractivity contribution in [3.63, 3.8) is 0 Å². The van der Waals surface area contributed by atoms with Gasteiger partial charge in [0.05, 0.1) is 6.04 Å². The molecule has 1 unspecified atom stereocenters. The Morgan fingerprint density at radius 1 is 0.962 bits per heavy atom. The van der Waals surface area contributed by atoms with Crippen molar-refractivity contribution in [3.8, 4) is 0 Å². The van der Waals surface area contributed by atoms with Crippen LogP contribution in [0.25, 0.3) is 0 Å². The number of ether oxygens (including phenoxy) is 1. The molecule has 1 aliphatic heterocycles. The second-order valence-electron chi connectivity index (χ2n) is 6.54. The van der Waals surface area contributed by atoms with Gasteiger partial charge in [0.15, 0.2) is 0 Å². The quantitative estimate of drug-likeness (QED) is 0.850. The van der Waals surface area contributed by atoms with Gasteiger partial charge < -0.3 is 14.5 Å². The Morgan fingerprint density at radius 3 is 2.19 bits per heavy atom. The molecular formula is C21H24N2O3. The van der Waals surface area contributed by atoms with Crippen LogP contribution >= 0.6 is 0 Å². The molecule has 2 aromatic carbocycles. The van der Waals surface area contributed by atoms with Gasteiger partial charge in [0, 0.05) is 26.6 Å². The van der Waals surface area contributed by atoms with Crippen molar-refractivity contribution in [2.24, 2.45) is 0 Å². The molecule has 0 spiro atoms. The smallest absolute Gasteiger partial charge is 0.410 e. The molecule has 1 saturated heterocycles. The average Bonchev–Trinajstić information content (AvgIpc) is 2.67. The van der Waals surface area contributed by atoms with Crippen molar-refractivity contribution in [3.05, 3.63) is 71.8 Å². The molecule has 3 rings (SSSR count). The Labute approximate surface area is 154 Å². The van der Waals surface area contributed by atoms with Gasteiger partial charge >= 0.3 is 6.09 Å². The van der Waals surface area contributed by atoms with Crippen LogP contribution in [0.1, 0.15) is 18.1 Å². The molecule has 0 saturated carbocycles. The Balaban J connectivity index is 1.67. The van der Waals surface area contributed by atoms with Crippen LogP contribution in [-0.2, 0) is 22.6 Å². The first-order valence-corrected chi connectivity index (χ1v) is 8.90. The summed E-state index contributed by atoms with van der Waals surface area (Å²) in [4.78, 5) is 28.0. The summed E-state index contributed by atoms with van der Waals surface area (Å²) < 4.78 is 5.51. The van der Waals surface area contributed by atoms with E-state index in [1.165, 1.54) is 0 Å². The van der Waals surface area contributed by atoms with Gasteiger partial charge in [-0.05, 0) is 17.5 Å². The summed E-state index contributed by atoms with van der Waals surface area (Å²) in [6.07, 6.45) is 0.378. The van der Waals surface area contributed by atoms with Crippen LogP contribution in [0.15, 0.2) is 60.7 Å². The van der Waals surface area contributed by atoms with Crippen LogP contribution in [0.5, 0.6) is 0 Å². The van der Waals surface area contributed by atoms with Crippen LogP contribution in [0, 0.1) is 0 Å². The highest BCUT2D eigenvalue weighted by atomic mass is 16.6. The first-order chi connectivity index (χ1) is 12.6. The van der Waals surface area contributed by atoms with Crippen molar-refractivity contribution in [2.75, 3.05) is 19.6 Å². The predicted molar refractivity (Wildman–Crippen MR) is 99.5 cm³/mol. The Bertz CT molecular complexity index is 733. The number of carbonyl (C=O) groups is 2. The molecule has 1 heterocycles. The van der Waals surface area contributed by atoms with Gasteiger partial charge in [-0.25, -0.2) is 4.79 Å². The van der Waals surface area contributed by atoms with E-state index in [-0.39, 0.29) is 24.6 Å². The molecular weight excluding hydrogens is 328 g/mol. The SMILES string of the molecule is CC(=O)N1CCN(C(=O)OCc2ccccc2)C(Cc2ccccc2)C1. The number of rotatable bonds is 4. The lowest BCUT2D eigenvalue weighted by Gasteiger charge is -2.40. The molecule has 5 heteroatoms. The molecule has 2 aromatic rings. The van der Waals surface area contributed by atoms with Crippen molar-refractivity contribution in [1.82, 2.24) is 9.80 Å². The van der Waals surface area contributed by atoms with Gasteiger partial charge in [0.1, 0.15) is 6.61 Å². The number of benzene rings is 2. The number of hydrogen-bond donors (Lipinski definition) is 0. The van der Waals surface area contributed by atoms with Gasteiger partial charge in [-0.1, -0.05) is 60.7 Å². The molecule has 0 N–H and O–H groups in total. The Morgan fingerprint density at radius 2 is 1.58 bits per heavy atom. The number of piperazine rings is 1. The highest BCUT2D eigenvalue weighted by molar-refractivity contribution is 5.74. The third-order valence-corrected chi connectivity index (χ3v) is 4.68. The van der Waals surface area contributed by atoms with Crippen molar-refractivity contribution in [2.45, 2.75) is 26.0 Å².